The van der Waals surface area contributed by atoms with Crippen LogP contribution in [0.1, 0.15) is 38.8 Å². The number of hydrogen-bond donors (Lipinski definition) is 2. The van der Waals surface area contributed by atoms with Gasteiger partial charge in [0, 0.05) is 34.2 Å². The third kappa shape index (κ3) is 4.48. The van der Waals surface area contributed by atoms with Crippen LogP contribution in [0.25, 0.3) is 22.3 Å². The topological polar surface area (TPSA) is 62.8 Å². The second kappa shape index (κ2) is 8.48. The van der Waals surface area contributed by atoms with Gasteiger partial charge < -0.3 is 19.4 Å². The van der Waals surface area contributed by atoms with Gasteiger partial charge in [-0.05, 0) is 58.7 Å². The largest absolute Gasteiger partial charge is 0.508 e. The van der Waals surface area contributed by atoms with Gasteiger partial charge in [-0.25, -0.2) is 0 Å². The molecule has 0 atom stereocenters. The average molecular weight is 392 g/mol. The van der Waals surface area contributed by atoms with Gasteiger partial charge in [0.25, 0.3) is 0 Å². The summed E-state index contributed by atoms with van der Waals surface area (Å²) >= 11 is 0. The number of fused-ring (bicyclic) bond motifs is 1. The van der Waals surface area contributed by atoms with Crippen molar-refractivity contribution < 1.29 is 19.4 Å². The normalized spacial score (nSPS) is 10.8. The Morgan fingerprint density at radius 1 is 0.931 bits per heavy atom. The van der Waals surface area contributed by atoms with E-state index in [4.69, 9.17) is 9.15 Å². The highest BCUT2D eigenvalue weighted by molar-refractivity contribution is 5.86. The molecule has 2 N–H and O–H groups in total. The Bertz CT molecular complexity index is 1090. The quantitative estimate of drug-likeness (QED) is 0.468. The lowest BCUT2D eigenvalue weighted by Crippen LogP contribution is -2.00. The van der Waals surface area contributed by atoms with Crippen LogP contribution in [0.4, 0.5) is 0 Å². The van der Waals surface area contributed by atoms with Crippen LogP contribution in [0.2, 0.25) is 0 Å². The number of phenolic OH excluding ortho intramolecular Hbond substituents is 2. The molecule has 0 spiro atoms. The lowest BCUT2D eigenvalue weighted by atomic mass is 9.92. The summed E-state index contributed by atoms with van der Waals surface area (Å²) in [5.74, 6) is 1.60. The van der Waals surface area contributed by atoms with Crippen LogP contribution in [0.3, 0.4) is 0 Å². The molecule has 0 fully saturated rings. The molecule has 1 aromatic heterocycles. The number of aromatic hydroxyl groups is 2. The van der Waals surface area contributed by atoms with Gasteiger partial charge in [-0.2, -0.15) is 0 Å². The van der Waals surface area contributed by atoms with E-state index < -0.39 is 0 Å². The summed E-state index contributed by atoms with van der Waals surface area (Å²) in [4.78, 5) is 0. The number of allylic oxidation sites excluding steroid dienone is 4. The molecule has 2 aromatic carbocycles. The molecule has 4 heteroatoms. The van der Waals surface area contributed by atoms with Gasteiger partial charge in [0.1, 0.15) is 28.6 Å². The van der Waals surface area contributed by atoms with E-state index in [0.717, 1.165) is 22.1 Å². The van der Waals surface area contributed by atoms with E-state index in [1.807, 2.05) is 26.0 Å². The molecule has 0 saturated heterocycles. The number of benzene rings is 2. The fraction of sp³-hybridized carbons (Fsp3) is 0.280. The first-order valence-corrected chi connectivity index (χ1v) is 9.71. The Morgan fingerprint density at radius 2 is 1.59 bits per heavy atom. The highest BCUT2D eigenvalue weighted by Gasteiger charge is 2.22. The Labute approximate surface area is 171 Å². The molecular weight excluding hydrogens is 364 g/mol. The van der Waals surface area contributed by atoms with Gasteiger partial charge in [-0.1, -0.05) is 23.3 Å². The summed E-state index contributed by atoms with van der Waals surface area (Å²) in [6, 6.07) is 8.69. The van der Waals surface area contributed by atoms with Crippen molar-refractivity contribution in [3.8, 4) is 28.6 Å². The SMILES string of the molecule is COc1cc(O)c(CC=C(C)C)c(-c2cc3ccc(O)cc3o2)c1CC=C(C)C. The number of furan rings is 1. The Balaban J connectivity index is 2.32. The van der Waals surface area contributed by atoms with Crippen molar-refractivity contribution in [2.24, 2.45) is 0 Å². The summed E-state index contributed by atoms with van der Waals surface area (Å²) in [5.41, 5.74) is 5.58. The second-order valence-electron chi connectivity index (χ2n) is 7.73. The minimum Gasteiger partial charge on any atom is -0.508 e. The van der Waals surface area contributed by atoms with E-state index in [1.54, 1.807) is 25.3 Å². The Kier molecular flexibility index (Phi) is 6.02. The van der Waals surface area contributed by atoms with Crippen LogP contribution < -0.4 is 4.74 Å². The summed E-state index contributed by atoms with van der Waals surface area (Å²) < 4.78 is 11.7. The van der Waals surface area contributed by atoms with Gasteiger partial charge in [0.2, 0.25) is 0 Å². The Morgan fingerprint density at radius 3 is 2.21 bits per heavy atom. The molecule has 4 nitrogen and oxygen atoms in total. The zero-order valence-corrected chi connectivity index (χ0v) is 17.7. The third-order valence-corrected chi connectivity index (χ3v) is 4.88. The van der Waals surface area contributed by atoms with E-state index in [0.29, 0.717) is 29.9 Å². The molecule has 0 aliphatic heterocycles. The molecular formula is C25H28O4. The van der Waals surface area contributed by atoms with Crippen molar-refractivity contribution in [2.75, 3.05) is 7.11 Å². The van der Waals surface area contributed by atoms with Crippen LogP contribution >= 0.6 is 0 Å². The minimum absolute atomic E-state index is 0.154. The van der Waals surface area contributed by atoms with Gasteiger partial charge in [0.15, 0.2) is 0 Å². The molecule has 0 aliphatic carbocycles. The smallest absolute Gasteiger partial charge is 0.138 e. The van der Waals surface area contributed by atoms with E-state index in [2.05, 4.69) is 26.0 Å². The summed E-state index contributed by atoms with van der Waals surface area (Å²) in [6.07, 6.45) is 5.46. The maximum atomic E-state index is 10.8. The lowest BCUT2D eigenvalue weighted by molar-refractivity contribution is 0.402. The van der Waals surface area contributed by atoms with Crippen LogP contribution in [0, 0.1) is 0 Å². The maximum absolute atomic E-state index is 10.8. The van der Waals surface area contributed by atoms with E-state index >= 15 is 0 Å². The standard InChI is InChI=1S/C25H28O4/c1-15(2)6-10-19-21(27)14-23(28-5)20(11-7-16(3)4)25(19)24-12-17-8-9-18(26)13-22(17)29-24/h6-9,12-14,26-27H,10-11H2,1-5H3. The van der Waals surface area contributed by atoms with E-state index in [1.165, 1.54) is 11.1 Å². The molecule has 3 aromatic rings. The first kappa shape index (κ1) is 20.6. The van der Waals surface area contributed by atoms with Crippen LogP contribution in [0.15, 0.2) is 58.0 Å². The number of phenols is 2. The number of rotatable bonds is 6. The van der Waals surface area contributed by atoms with Crippen molar-refractivity contribution in [3.05, 3.63) is 64.8 Å². The monoisotopic (exact) mass is 392 g/mol. The zero-order chi connectivity index (χ0) is 21.1. The zero-order valence-electron chi connectivity index (χ0n) is 17.7. The second-order valence-corrected chi connectivity index (χ2v) is 7.73. The first-order valence-electron chi connectivity index (χ1n) is 9.71. The Hall–Kier alpha value is -3.14. The molecule has 29 heavy (non-hydrogen) atoms. The summed E-state index contributed by atoms with van der Waals surface area (Å²) in [7, 11) is 1.61. The lowest BCUT2D eigenvalue weighted by Gasteiger charge is -2.17. The first-order chi connectivity index (χ1) is 13.8. The summed E-state index contributed by atoms with van der Waals surface area (Å²) in [5, 5.41) is 21.5. The molecule has 0 bridgehead atoms. The van der Waals surface area contributed by atoms with E-state index in [9.17, 15) is 10.2 Å². The molecule has 152 valence electrons. The van der Waals surface area contributed by atoms with Crippen LogP contribution in [0.5, 0.6) is 17.2 Å². The molecule has 0 radical (unpaired) electrons. The number of ether oxygens (including phenoxy) is 1. The van der Waals surface area contributed by atoms with Crippen LogP contribution in [-0.2, 0) is 12.8 Å². The molecule has 0 unspecified atom stereocenters. The van der Waals surface area contributed by atoms with Crippen molar-refractivity contribution >= 4 is 11.0 Å². The fourth-order valence-corrected chi connectivity index (χ4v) is 3.38. The molecule has 1 heterocycles. The number of hydrogen-bond acceptors (Lipinski definition) is 4. The highest BCUT2D eigenvalue weighted by Crippen LogP contribution is 2.42. The average Bonchev–Trinajstić information content (AvgIpc) is 3.07. The molecule has 0 aliphatic rings. The fourth-order valence-electron chi connectivity index (χ4n) is 3.38. The molecule has 0 amide bonds. The predicted octanol–water partition coefficient (Wildman–Crippen LogP) is 6.54. The van der Waals surface area contributed by atoms with Crippen molar-refractivity contribution in [2.45, 2.75) is 40.5 Å². The highest BCUT2D eigenvalue weighted by atomic mass is 16.5. The van der Waals surface area contributed by atoms with Gasteiger partial charge in [-0.15, -0.1) is 0 Å². The maximum Gasteiger partial charge on any atom is 0.138 e. The van der Waals surface area contributed by atoms with Gasteiger partial charge in [0.05, 0.1) is 7.11 Å². The van der Waals surface area contributed by atoms with Gasteiger partial charge in [-0.3, -0.25) is 0 Å². The van der Waals surface area contributed by atoms with Crippen LogP contribution in [-0.4, -0.2) is 17.3 Å². The molecule has 3 rings (SSSR count). The summed E-state index contributed by atoms with van der Waals surface area (Å²) in [6.45, 7) is 8.18. The van der Waals surface area contributed by atoms with Gasteiger partial charge >= 0.3 is 0 Å². The van der Waals surface area contributed by atoms with E-state index in [-0.39, 0.29) is 11.5 Å². The minimum atomic E-state index is 0.154. The van der Waals surface area contributed by atoms with Crippen molar-refractivity contribution in [3.63, 3.8) is 0 Å². The third-order valence-electron chi connectivity index (χ3n) is 4.88. The predicted molar refractivity (Wildman–Crippen MR) is 118 cm³/mol. The molecule has 0 saturated carbocycles. The van der Waals surface area contributed by atoms with Crippen molar-refractivity contribution in [1.29, 1.82) is 0 Å². The number of methoxy groups -OCH3 is 1. The van der Waals surface area contributed by atoms with Crippen molar-refractivity contribution in [1.82, 2.24) is 0 Å².